The molecule has 0 bridgehead atoms. The minimum atomic E-state index is -0.0783. The van der Waals surface area contributed by atoms with Crippen molar-refractivity contribution in [2.45, 2.75) is 39.2 Å². The summed E-state index contributed by atoms with van der Waals surface area (Å²) >= 11 is 0. The van der Waals surface area contributed by atoms with Crippen LogP contribution in [0.15, 0.2) is 0 Å². The van der Waals surface area contributed by atoms with Crippen molar-refractivity contribution in [1.29, 1.82) is 0 Å². The molecule has 1 heterocycles. The van der Waals surface area contributed by atoms with E-state index in [0.717, 1.165) is 38.9 Å². The molecule has 2 unspecified atom stereocenters. The maximum Gasteiger partial charge on any atom is 0.142 e. The number of likely N-dealkylation sites (tertiary alicyclic amines) is 1. The van der Waals surface area contributed by atoms with Crippen LogP contribution in [0.25, 0.3) is 0 Å². The van der Waals surface area contributed by atoms with E-state index in [4.69, 9.17) is 4.74 Å². The Hall–Kier alpha value is -0.410. The average molecular weight is 225 g/mol. The second kappa shape index (κ2) is 4.46. The molecule has 3 nitrogen and oxygen atoms in total. The molecule has 0 spiro atoms. The third-order valence-corrected chi connectivity index (χ3v) is 4.20. The molecule has 16 heavy (non-hydrogen) atoms. The summed E-state index contributed by atoms with van der Waals surface area (Å²) < 4.78 is 5.35. The van der Waals surface area contributed by atoms with E-state index in [0.29, 0.717) is 11.9 Å². The maximum absolute atomic E-state index is 12.1. The summed E-state index contributed by atoms with van der Waals surface area (Å²) in [5, 5.41) is 0. The first-order valence-electron chi connectivity index (χ1n) is 6.32. The van der Waals surface area contributed by atoms with Crippen LogP contribution >= 0.6 is 0 Å². The number of Topliss-reactive ketones (excluding diaryl/α,β-unsaturated/α-hetero) is 1. The largest absolute Gasteiger partial charge is 0.380 e. The Bertz CT molecular complexity index is 275. The Morgan fingerprint density at radius 3 is 2.69 bits per heavy atom. The van der Waals surface area contributed by atoms with E-state index in [9.17, 15) is 4.79 Å². The van der Waals surface area contributed by atoms with Crippen molar-refractivity contribution in [2.24, 2.45) is 11.3 Å². The molecular weight excluding hydrogens is 202 g/mol. The predicted octanol–water partition coefficient (Wildman–Crippen LogP) is 1.71. The highest BCUT2D eigenvalue weighted by Crippen LogP contribution is 2.38. The van der Waals surface area contributed by atoms with Gasteiger partial charge in [-0.25, -0.2) is 0 Å². The van der Waals surface area contributed by atoms with Gasteiger partial charge in [0.1, 0.15) is 5.78 Å². The first-order valence-corrected chi connectivity index (χ1v) is 6.32. The summed E-state index contributed by atoms with van der Waals surface area (Å²) in [5.74, 6) is 0.735. The number of rotatable bonds is 3. The van der Waals surface area contributed by atoms with Crippen molar-refractivity contribution in [3.63, 3.8) is 0 Å². The predicted molar refractivity (Wildman–Crippen MR) is 63.4 cm³/mol. The molecule has 2 aliphatic rings. The molecule has 0 amide bonds. The Labute approximate surface area is 98.1 Å². The van der Waals surface area contributed by atoms with Crippen molar-refractivity contribution in [2.75, 3.05) is 26.7 Å². The van der Waals surface area contributed by atoms with E-state index in [1.165, 1.54) is 0 Å². The standard InChI is InChI=1S/C13H23NO2/c1-13(2)6-4-10(12(13)15)8-14-7-5-11(9-14)16-3/h10-11H,4-9H2,1-3H3. The monoisotopic (exact) mass is 225 g/mol. The average Bonchev–Trinajstić information content (AvgIpc) is 2.79. The fourth-order valence-corrected chi connectivity index (χ4v) is 2.98. The van der Waals surface area contributed by atoms with E-state index >= 15 is 0 Å². The lowest BCUT2D eigenvalue weighted by Gasteiger charge is -2.21. The van der Waals surface area contributed by atoms with Gasteiger partial charge in [0.05, 0.1) is 6.10 Å². The summed E-state index contributed by atoms with van der Waals surface area (Å²) in [5.41, 5.74) is -0.0783. The number of carbonyl (C=O) groups is 1. The lowest BCUT2D eigenvalue weighted by molar-refractivity contribution is -0.127. The lowest BCUT2D eigenvalue weighted by Crippen LogP contribution is -2.33. The molecule has 0 aromatic carbocycles. The molecule has 0 aromatic heterocycles. The molecule has 0 radical (unpaired) electrons. The number of hydrogen-bond donors (Lipinski definition) is 0. The van der Waals surface area contributed by atoms with Crippen LogP contribution in [0.1, 0.15) is 33.1 Å². The molecule has 1 aliphatic carbocycles. The minimum Gasteiger partial charge on any atom is -0.380 e. The minimum absolute atomic E-state index is 0.0783. The smallest absolute Gasteiger partial charge is 0.142 e. The normalized spacial score (nSPS) is 34.8. The van der Waals surface area contributed by atoms with Crippen LogP contribution < -0.4 is 0 Å². The lowest BCUT2D eigenvalue weighted by atomic mass is 9.89. The Balaban J connectivity index is 1.85. The Morgan fingerprint density at radius 2 is 2.19 bits per heavy atom. The molecule has 92 valence electrons. The maximum atomic E-state index is 12.1. The first-order chi connectivity index (χ1) is 7.53. The Kier molecular flexibility index (Phi) is 3.36. The molecular formula is C13H23NO2. The van der Waals surface area contributed by atoms with Gasteiger partial charge in [-0.2, -0.15) is 0 Å². The number of ether oxygens (including phenoxy) is 1. The highest BCUT2D eigenvalue weighted by molar-refractivity contribution is 5.88. The fraction of sp³-hybridized carbons (Fsp3) is 0.923. The summed E-state index contributed by atoms with van der Waals surface area (Å²) in [7, 11) is 1.78. The number of methoxy groups -OCH3 is 1. The van der Waals surface area contributed by atoms with Gasteiger partial charge >= 0.3 is 0 Å². The molecule has 0 aromatic rings. The second-order valence-corrected chi connectivity index (χ2v) is 5.89. The molecule has 1 saturated heterocycles. The summed E-state index contributed by atoms with van der Waals surface area (Å²) in [6.07, 6.45) is 3.61. The van der Waals surface area contributed by atoms with Gasteiger partial charge in [0.2, 0.25) is 0 Å². The molecule has 1 aliphatic heterocycles. The molecule has 1 saturated carbocycles. The summed E-state index contributed by atoms with van der Waals surface area (Å²) in [6, 6.07) is 0. The number of ketones is 1. The summed E-state index contributed by atoms with van der Waals surface area (Å²) in [4.78, 5) is 14.5. The van der Waals surface area contributed by atoms with Crippen molar-refractivity contribution in [1.82, 2.24) is 4.90 Å². The van der Waals surface area contributed by atoms with Crippen LogP contribution in [0.2, 0.25) is 0 Å². The third kappa shape index (κ3) is 2.30. The molecule has 0 N–H and O–H groups in total. The van der Waals surface area contributed by atoms with Gasteiger partial charge in [0.15, 0.2) is 0 Å². The first kappa shape index (κ1) is 12.1. The fourth-order valence-electron chi connectivity index (χ4n) is 2.98. The van der Waals surface area contributed by atoms with Gasteiger partial charge in [-0.3, -0.25) is 9.69 Å². The second-order valence-electron chi connectivity index (χ2n) is 5.89. The number of hydrogen-bond acceptors (Lipinski definition) is 3. The molecule has 2 rings (SSSR count). The van der Waals surface area contributed by atoms with Crippen LogP contribution in [0.5, 0.6) is 0 Å². The van der Waals surface area contributed by atoms with Crippen LogP contribution in [-0.4, -0.2) is 43.5 Å². The van der Waals surface area contributed by atoms with Gasteiger partial charge in [-0.15, -0.1) is 0 Å². The van der Waals surface area contributed by atoms with Gasteiger partial charge in [-0.1, -0.05) is 13.8 Å². The highest BCUT2D eigenvalue weighted by Gasteiger charge is 2.41. The van der Waals surface area contributed by atoms with E-state index in [1.807, 2.05) is 0 Å². The summed E-state index contributed by atoms with van der Waals surface area (Å²) in [6.45, 7) is 7.19. The van der Waals surface area contributed by atoms with E-state index in [2.05, 4.69) is 18.7 Å². The zero-order valence-electron chi connectivity index (χ0n) is 10.7. The third-order valence-electron chi connectivity index (χ3n) is 4.20. The van der Waals surface area contributed by atoms with Gasteiger partial charge < -0.3 is 4.74 Å². The van der Waals surface area contributed by atoms with Gasteiger partial charge in [0, 0.05) is 38.1 Å². The zero-order valence-corrected chi connectivity index (χ0v) is 10.7. The van der Waals surface area contributed by atoms with E-state index in [-0.39, 0.29) is 11.3 Å². The van der Waals surface area contributed by atoms with Crippen LogP contribution in [0.4, 0.5) is 0 Å². The highest BCUT2D eigenvalue weighted by atomic mass is 16.5. The number of carbonyl (C=O) groups excluding carboxylic acids is 1. The van der Waals surface area contributed by atoms with Crippen LogP contribution in [0, 0.1) is 11.3 Å². The van der Waals surface area contributed by atoms with Gasteiger partial charge in [-0.05, 0) is 19.3 Å². The van der Waals surface area contributed by atoms with E-state index in [1.54, 1.807) is 7.11 Å². The SMILES string of the molecule is COC1CCN(CC2CCC(C)(C)C2=O)C1. The molecule has 2 fully saturated rings. The zero-order chi connectivity index (χ0) is 11.8. The van der Waals surface area contributed by atoms with E-state index < -0.39 is 0 Å². The molecule has 3 heteroatoms. The van der Waals surface area contributed by atoms with Crippen LogP contribution in [0.3, 0.4) is 0 Å². The van der Waals surface area contributed by atoms with Crippen molar-refractivity contribution in [3.05, 3.63) is 0 Å². The topological polar surface area (TPSA) is 29.5 Å². The Morgan fingerprint density at radius 1 is 1.44 bits per heavy atom. The van der Waals surface area contributed by atoms with Crippen molar-refractivity contribution < 1.29 is 9.53 Å². The molecule has 2 atom stereocenters. The van der Waals surface area contributed by atoms with Crippen molar-refractivity contribution >= 4 is 5.78 Å². The quantitative estimate of drug-likeness (QED) is 0.732. The van der Waals surface area contributed by atoms with Crippen molar-refractivity contribution in [3.8, 4) is 0 Å². The van der Waals surface area contributed by atoms with Crippen LogP contribution in [-0.2, 0) is 9.53 Å². The number of nitrogens with zero attached hydrogens (tertiary/aromatic N) is 1. The van der Waals surface area contributed by atoms with Gasteiger partial charge in [0.25, 0.3) is 0 Å².